The molecule has 0 atom stereocenters. The number of rotatable bonds is 7. The van der Waals surface area contributed by atoms with Crippen LogP contribution in [0.15, 0.2) is 29.3 Å². The molecule has 28 heavy (non-hydrogen) atoms. The van der Waals surface area contributed by atoms with E-state index in [1.807, 2.05) is 7.05 Å². The molecular formula is C22H36N4O2. The van der Waals surface area contributed by atoms with Crippen LogP contribution in [0.3, 0.4) is 0 Å². The molecule has 3 rings (SSSR count). The Balaban J connectivity index is 1.50. The Morgan fingerprint density at radius 2 is 1.79 bits per heavy atom. The Kier molecular flexibility index (Phi) is 8.58. The van der Waals surface area contributed by atoms with Crippen LogP contribution in [0.25, 0.3) is 0 Å². The van der Waals surface area contributed by atoms with E-state index in [1.54, 1.807) is 0 Å². The number of guanidine groups is 1. The van der Waals surface area contributed by atoms with Crippen LogP contribution in [0.4, 0.5) is 0 Å². The molecule has 2 saturated heterocycles. The van der Waals surface area contributed by atoms with Crippen LogP contribution in [0.2, 0.25) is 0 Å². The highest BCUT2D eigenvalue weighted by atomic mass is 16.5. The SMILES string of the molecule is CN=C(NCc1ccccc1CN1CCOCC1)N(C)CCC1CCOCC1. The minimum Gasteiger partial charge on any atom is -0.381 e. The third-order valence-electron chi connectivity index (χ3n) is 5.84. The quantitative estimate of drug-likeness (QED) is 0.574. The first kappa shape index (κ1) is 21.1. The number of benzene rings is 1. The molecule has 6 nitrogen and oxygen atoms in total. The summed E-state index contributed by atoms with van der Waals surface area (Å²) in [5.74, 6) is 1.75. The van der Waals surface area contributed by atoms with Crippen LogP contribution in [0, 0.1) is 5.92 Å². The first-order chi connectivity index (χ1) is 13.8. The highest BCUT2D eigenvalue weighted by molar-refractivity contribution is 5.79. The van der Waals surface area contributed by atoms with E-state index in [2.05, 4.69) is 51.4 Å². The lowest BCUT2D eigenvalue weighted by Crippen LogP contribution is -2.40. The second-order valence-corrected chi connectivity index (χ2v) is 7.82. The van der Waals surface area contributed by atoms with Gasteiger partial charge in [0.1, 0.15) is 0 Å². The highest BCUT2D eigenvalue weighted by Crippen LogP contribution is 2.18. The van der Waals surface area contributed by atoms with Crippen LogP contribution in [-0.2, 0) is 22.6 Å². The lowest BCUT2D eigenvalue weighted by Gasteiger charge is -2.28. The summed E-state index contributed by atoms with van der Waals surface area (Å²) in [6, 6.07) is 8.72. The first-order valence-electron chi connectivity index (χ1n) is 10.6. The van der Waals surface area contributed by atoms with Gasteiger partial charge in [-0.25, -0.2) is 0 Å². The monoisotopic (exact) mass is 388 g/mol. The summed E-state index contributed by atoms with van der Waals surface area (Å²) in [6.07, 6.45) is 3.58. The summed E-state index contributed by atoms with van der Waals surface area (Å²) in [4.78, 5) is 9.21. The minimum absolute atomic E-state index is 0.781. The molecule has 0 radical (unpaired) electrons. The van der Waals surface area contributed by atoms with Gasteiger partial charge in [0.25, 0.3) is 0 Å². The van der Waals surface area contributed by atoms with Gasteiger partial charge in [0.2, 0.25) is 0 Å². The van der Waals surface area contributed by atoms with Crippen LogP contribution in [-0.4, -0.2) is 75.9 Å². The fraction of sp³-hybridized carbons (Fsp3) is 0.682. The summed E-state index contributed by atoms with van der Waals surface area (Å²) >= 11 is 0. The zero-order valence-electron chi connectivity index (χ0n) is 17.5. The fourth-order valence-electron chi connectivity index (χ4n) is 3.96. The average molecular weight is 389 g/mol. The Labute approximate surface area is 169 Å². The normalized spacial score (nSPS) is 19.6. The van der Waals surface area contributed by atoms with Crippen molar-refractivity contribution >= 4 is 5.96 Å². The van der Waals surface area contributed by atoms with E-state index in [0.29, 0.717) is 0 Å². The van der Waals surface area contributed by atoms with Crippen molar-refractivity contribution in [1.29, 1.82) is 0 Å². The van der Waals surface area contributed by atoms with Crippen molar-refractivity contribution in [2.75, 3.05) is 60.2 Å². The maximum absolute atomic E-state index is 5.47. The van der Waals surface area contributed by atoms with Crippen LogP contribution < -0.4 is 5.32 Å². The molecule has 1 N–H and O–H groups in total. The van der Waals surface area contributed by atoms with Gasteiger partial charge in [-0.05, 0) is 36.3 Å². The molecule has 0 aliphatic carbocycles. The smallest absolute Gasteiger partial charge is 0.193 e. The van der Waals surface area contributed by atoms with Crippen LogP contribution in [0.5, 0.6) is 0 Å². The predicted molar refractivity (Wildman–Crippen MR) is 114 cm³/mol. The number of hydrogen-bond acceptors (Lipinski definition) is 4. The molecule has 156 valence electrons. The van der Waals surface area contributed by atoms with Crippen molar-refractivity contribution in [3.05, 3.63) is 35.4 Å². The lowest BCUT2D eigenvalue weighted by atomic mass is 9.96. The molecule has 1 aromatic rings. The van der Waals surface area contributed by atoms with E-state index < -0.39 is 0 Å². The highest BCUT2D eigenvalue weighted by Gasteiger charge is 2.16. The molecular weight excluding hydrogens is 352 g/mol. The number of ether oxygens (including phenoxy) is 2. The maximum atomic E-state index is 5.47. The Morgan fingerprint density at radius 3 is 2.50 bits per heavy atom. The van der Waals surface area contributed by atoms with Crippen molar-refractivity contribution in [3.8, 4) is 0 Å². The van der Waals surface area contributed by atoms with Gasteiger partial charge in [-0.2, -0.15) is 0 Å². The van der Waals surface area contributed by atoms with Crippen molar-refractivity contribution in [2.24, 2.45) is 10.9 Å². The molecule has 0 saturated carbocycles. The van der Waals surface area contributed by atoms with Crippen molar-refractivity contribution < 1.29 is 9.47 Å². The van der Waals surface area contributed by atoms with Gasteiger partial charge >= 0.3 is 0 Å². The standard InChI is InChI=1S/C22H36N4O2/c1-23-22(25(2)10-7-19-8-13-27-14-9-19)24-17-20-5-3-4-6-21(20)18-26-11-15-28-16-12-26/h3-6,19H,7-18H2,1-2H3,(H,23,24). The van der Waals surface area contributed by atoms with E-state index in [0.717, 1.165) is 71.0 Å². The Bertz CT molecular complexity index is 610. The van der Waals surface area contributed by atoms with Gasteiger partial charge in [0, 0.05) is 60.0 Å². The molecule has 6 heteroatoms. The third-order valence-corrected chi connectivity index (χ3v) is 5.84. The fourth-order valence-corrected chi connectivity index (χ4v) is 3.96. The molecule has 0 spiro atoms. The molecule has 1 aromatic carbocycles. The molecule has 2 fully saturated rings. The van der Waals surface area contributed by atoms with Crippen molar-refractivity contribution in [1.82, 2.24) is 15.1 Å². The molecule has 0 aromatic heterocycles. The lowest BCUT2D eigenvalue weighted by molar-refractivity contribution is 0.0341. The van der Waals surface area contributed by atoms with Crippen molar-refractivity contribution in [3.63, 3.8) is 0 Å². The number of morpholine rings is 1. The van der Waals surface area contributed by atoms with Gasteiger partial charge in [-0.3, -0.25) is 9.89 Å². The summed E-state index contributed by atoms with van der Waals surface area (Å²) in [5.41, 5.74) is 2.73. The van der Waals surface area contributed by atoms with Gasteiger partial charge < -0.3 is 19.7 Å². The van der Waals surface area contributed by atoms with Crippen LogP contribution >= 0.6 is 0 Å². The van der Waals surface area contributed by atoms with E-state index in [4.69, 9.17) is 9.47 Å². The third kappa shape index (κ3) is 6.47. The van der Waals surface area contributed by atoms with Gasteiger partial charge in [-0.1, -0.05) is 24.3 Å². The van der Waals surface area contributed by atoms with E-state index >= 15 is 0 Å². The van der Waals surface area contributed by atoms with Gasteiger partial charge in [-0.15, -0.1) is 0 Å². The molecule has 0 bridgehead atoms. The molecule has 0 unspecified atom stereocenters. The largest absolute Gasteiger partial charge is 0.381 e. The number of nitrogens with zero attached hydrogens (tertiary/aromatic N) is 3. The average Bonchev–Trinajstić information content (AvgIpc) is 2.75. The van der Waals surface area contributed by atoms with Crippen LogP contribution in [0.1, 0.15) is 30.4 Å². The summed E-state index contributed by atoms with van der Waals surface area (Å²) < 4.78 is 10.9. The van der Waals surface area contributed by atoms with E-state index in [-0.39, 0.29) is 0 Å². The molecule has 0 amide bonds. The van der Waals surface area contributed by atoms with E-state index in [1.165, 1.54) is 30.4 Å². The number of aliphatic imine (C=N–C) groups is 1. The second kappa shape index (κ2) is 11.4. The molecule has 2 aliphatic rings. The predicted octanol–water partition coefficient (Wildman–Crippen LogP) is 2.34. The van der Waals surface area contributed by atoms with Gasteiger partial charge in [0.05, 0.1) is 13.2 Å². The number of hydrogen-bond donors (Lipinski definition) is 1. The summed E-state index contributed by atoms with van der Waals surface area (Å²) in [5, 5.41) is 3.56. The van der Waals surface area contributed by atoms with Crippen molar-refractivity contribution in [2.45, 2.75) is 32.4 Å². The first-order valence-corrected chi connectivity index (χ1v) is 10.6. The topological polar surface area (TPSA) is 49.3 Å². The zero-order valence-corrected chi connectivity index (χ0v) is 17.5. The minimum atomic E-state index is 0.781. The summed E-state index contributed by atoms with van der Waals surface area (Å²) in [7, 11) is 4.00. The Morgan fingerprint density at radius 1 is 1.11 bits per heavy atom. The maximum Gasteiger partial charge on any atom is 0.193 e. The molecule has 2 aliphatic heterocycles. The Hall–Kier alpha value is -1.63. The number of nitrogens with one attached hydrogen (secondary N) is 1. The zero-order chi connectivity index (χ0) is 19.6. The van der Waals surface area contributed by atoms with E-state index in [9.17, 15) is 0 Å². The summed E-state index contributed by atoms with van der Waals surface area (Å²) in [6.45, 7) is 8.35. The van der Waals surface area contributed by atoms with Gasteiger partial charge in [0.15, 0.2) is 5.96 Å². The molecule has 2 heterocycles. The second-order valence-electron chi connectivity index (χ2n) is 7.82.